The molecule has 0 radical (unpaired) electrons. The Kier molecular flexibility index (Phi) is 5.36. The normalized spacial score (nSPS) is 22.5. The number of nitrogens with one attached hydrogen (secondary N) is 1. The topological polar surface area (TPSA) is 71.1 Å². The predicted octanol–water partition coefficient (Wildman–Crippen LogP) is 2.91. The fraction of sp³-hybridized carbons (Fsp3) is 0.579. The second-order valence-corrected chi connectivity index (χ2v) is 7.79. The maximum Gasteiger partial charge on any atom is 0.407 e. The van der Waals surface area contributed by atoms with Crippen molar-refractivity contribution in [2.45, 2.75) is 57.9 Å². The third kappa shape index (κ3) is 4.46. The molecule has 0 spiro atoms. The lowest BCUT2D eigenvalue weighted by Gasteiger charge is -2.30. The summed E-state index contributed by atoms with van der Waals surface area (Å²) in [4.78, 5) is 32.1. The third-order valence-corrected chi connectivity index (χ3v) is 4.54. The summed E-state index contributed by atoms with van der Waals surface area (Å²) >= 11 is 0. The van der Waals surface area contributed by atoms with Gasteiger partial charge in [-0.15, -0.1) is 0 Å². The first kappa shape index (κ1) is 18.5. The van der Waals surface area contributed by atoms with Crippen molar-refractivity contribution in [3.8, 4) is 0 Å². The Morgan fingerprint density at radius 2 is 1.96 bits per heavy atom. The van der Waals surface area contributed by atoms with Crippen LogP contribution >= 0.6 is 0 Å². The van der Waals surface area contributed by atoms with E-state index in [1.165, 1.54) is 5.06 Å². The van der Waals surface area contributed by atoms with Gasteiger partial charge in [0.25, 0.3) is 0 Å². The second-order valence-electron chi connectivity index (χ2n) is 7.79. The quantitative estimate of drug-likeness (QED) is 0.875. The highest BCUT2D eigenvalue weighted by Crippen LogP contribution is 2.30. The van der Waals surface area contributed by atoms with Crippen molar-refractivity contribution in [1.29, 1.82) is 0 Å². The van der Waals surface area contributed by atoms with Gasteiger partial charge in [0.1, 0.15) is 12.2 Å². The zero-order valence-electron chi connectivity index (χ0n) is 15.6. The molecule has 0 aliphatic carbocycles. The number of fused-ring (bicyclic) bond motifs is 2. The van der Waals surface area contributed by atoms with Crippen molar-refractivity contribution in [1.82, 2.24) is 15.3 Å². The number of ether oxygens (including phenoxy) is 1. The number of amides is 3. The first-order valence-corrected chi connectivity index (χ1v) is 9.07. The molecule has 7 nitrogen and oxygen atoms in total. The number of benzene rings is 1. The smallest absolute Gasteiger partial charge is 0.407 e. The number of nitrogens with zero attached hydrogens (tertiary/aromatic N) is 2. The van der Waals surface area contributed by atoms with Crippen LogP contribution in [0.3, 0.4) is 0 Å². The predicted molar refractivity (Wildman–Crippen MR) is 96.2 cm³/mol. The van der Waals surface area contributed by atoms with Gasteiger partial charge in [0.2, 0.25) is 0 Å². The molecule has 2 bridgehead atoms. The maximum atomic E-state index is 12.7. The standard InChI is InChI=1S/C19H27N3O4/c1-19(2,3)26-17(23)20-11-15-9-10-16-12-21(15)18(24)22(16)25-13-14-7-5-4-6-8-14/h4-8,15-16H,9-13H2,1-3H3,(H,20,23). The fourth-order valence-electron chi connectivity index (χ4n) is 3.32. The molecule has 0 saturated carbocycles. The van der Waals surface area contributed by atoms with Crippen LogP contribution in [0.5, 0.6) is 0 Å². The van der Waals surface area contributed by atoms with Gasteiger partial charge in [-0.05, 0) is 39.2 Å². The molecule has 7 heteroatoms. The molecule has 3 rings (SSSR count). The minimum atomic E-state index is -0.534. The zero-order valence-corrected chi connectivity index (χ0v) is 15.6. The third-order valence-electron chi connectivity index (χ3n) is 4.54. The summed E-state index contributed by atoms with van der Waals surface area (Å²) in [5.41, 5.74) is 0.493. The zero-order chi connectivity index (χ0) is 18.7. The SMILES string of the molecule is CC(C)(C)OC(=O)NCC1CCC2CN1C(=O)N2OCc1ccccc1. The van der Waals surface area contributed by atoms with E-state index in [1.54, 1.807) is 4.90 Å². The van der Waals surface area contributed by atoms with E-state index in [1.807, 2.05) is 51.1 Å². The molecule has 2 aliphatic heterocycles. The van der Waals surface area contributed by atoms with Crippen LogP contribution < -0.4 is 5.32 Å². The number of hydrogen-bond donors (Lipinski definition) is 1. The first-order valence-electron chi connectivity index (χ1n) is 9.07. The number of piperidine rings is 1. The Bertz CT molecular complexity index is 644. The van der Waals surface area contributed by atoms with Crippen LogP contribution in [-0.4, -0.2) is 52.9 Å². The summed E-state index contributed by atoms with van der Waals surface area (Å²) in [6.45, 7) is 6.86. The van der Waals surface area contributed by atoms with E-state index in [0.717, 1.165) is 18.4 Å². The number of carbonyl (C=O) groups excluding carboxylic acids is 2. The molecule has 2 fully saturated rings. The van der Waals surface area contributed by atoms with Crippen LogP contribution in [0.15, 0.2) is 30.3 Å². The molecule has 2 saturated heterocycles. The highest BCUT2D eigenvalue weighted by Gasteiger charge is 2.45. The molecule has 1 aromatic rings. The molecule has 2 atom stereocenters. The molecular weight excluding hydrogens is 334 g/mol. The minimum absolute atomic E-state index is 0.0309. The molecule has 1 aromatic carbocycles. The number of rotatable bonds is 5. The Labute approximate surface area is 154 Å². The van der Waals surface area contributed by atoms with Crippen LogP contribution in [0.4, 0.5) is 9.59 Å². The Hall–Kier alpha value is -2.28. The van der Waals surface area contributed by atoms with Crippen LogP contribution in [0.25, 0.3) is 0 Å². The van der Waals surface area contributed by atoms with Crippen LogP contribution in [-0.2, 0) is 16.2 Å². The van der Waals surface area contributed by atoms with E-state index in [-0.39, 0.29) is 18.1 Å². The lowest BCUT2D eigenvalue weighted by Crippen LogP contribution is -2.47. The maximum absolute atomic E-state index is 12.7. The van der Waals surface area contributed by atoms with Gasteiger partial charge in [-0.2, -0.15) is 5.06 Å². The van der Waals surface area contributed by atoms with Gasteiger partial charge in [-0.1, -0.05) is 30.3 Å². The van der Waals surface area contributed by atoms with E-state index >= 15 is 0 Å². The van der Waals surface area contributed by atoms with E-state index in [2.05, 4.69) is 5.32 Å². The van der Waals surface area contributed by atoms with Gasteiger partial charge in [-0.3, -0.25) is 4.84 Å². The lowest BCUT2D eigenvalue weighted by molar-refractivity contribution is -0.140. The highest BCUT2D eigenvalue weighted by molar-refractivity contribution is 5.77. The Balaban J connectivity index is 1.52. The molecule has 26 heavy (non-hydrogen) atoms. The molecule has 2 aliphatic rings. The second kappa shape index (κ2) is 7.53. The van der Waals surface area contributed by atoms with E-state index in [0.29, 0.717) is 19.7 Å². The van der Waals surface area contributed by atoms with Crippen molar-refractivity contribution >= 4 is 12.1 Å². The van der Waals surface area contributed by atoms with Gasteiger partial charge < -0.3 is 15.0 Å². The lowest BCUT2D eigenvalue weighted by atomic mass is 10.0. The molecule has 2 heterocycles. The van der Waals surface area contributed by atoms with Gasteiger partial charge in [-0.25, -0.2) is 9.59 Å². The summed E-state index contributed by atoms with van der Waals surface area (Å²) in [5.74, 6) is 0. The van der Waals surface area contributed by atoms with Crippen LogP contribution in [0, 0.1) is 0 Å². The summed E-state index contributed by atoms with van der Waals surface area (Å²) in [7, 11) is 0. The minimum Gasteiger partial charge on any atom is -0.444 e. The number of carbonyl (C=O) groups is 2. The van der Waals surface area contributed by atoms with Crippen molar-refractivity contribution in [2.24, 2.45) is 0 Å². The van der Waals surface area contributed by atoms with Crippen molar-refractivity contribution < 1.29 is 19.2 Å². The number of alkyl carbamates (subject to hydrolysis) is 1. The van der Waals surface area contributed by atoms with E-state index in [9.17, 15) is 9.59 Å². The van der Waals surface area contributed by atoms with Crippen molar-refractivity contribution in [3.05, 3.63) is 35.9 Å². The molecule has 2 unspecified atom stereocenters. The summed E-state index contributed by atoms with van der Waals surface area (Å²) < 4.78 is 5.25. The summed E-state index contributed by atoms with van der Waals surface area (Å²) in [6.07, 6.45) is 1.23. The molecule has 3 amide bonds. The number of hydrogen-bond acceptors (Lipinski definition) is 4. The largest absolute Gasteiger partial charge is 0.444 e. The van der Waals surface area contributed by atoms with Gasteiger partial charge in [0.15, 0.2) is 0 Å². The van der Waals surface area contributed by atoms with Gasteiger partial charge in [0, 0.05) is 13.1 Å². The summed E-state index contributed by atoms with van der Waals surface area (Å²) in [5, 5.41) is 4.27. The molecule has 142 valence electrons. The number of urea groups is 1. The van der Waals surface area contributed by atoms with Gasteiger partial charge >= 0.3 is 12.1 Å². The van der Waals surface area contributed by atoms with E-state index in [4.69, 9.17) is 9.57 Å². The molecule has 0 aromatic heterocycles. The first-order chi connectivity index (χ1) is 12.3. The van der Waals surface area contributed by atoms with Crippen molar-refractivity contribution in [3.63, 3.8) is 0 Å². The average Bonchev–Trinajstić information content (AvgIpc) is 2.83. The van der Waals surface area contributed by atoms with Crippen LogP contribution in [0.1, 0.15) is 39.2 Å². The Morgan fingerprint density at radius 3 is 2.65 bits per heavy atom. The molecular formula is C19H27N3O4. The molecule has 1 N–H and O–H groups in total. The van der Waals surface area contributed by atoms with Crippen LogP contribution in [0.2, 0.25) is 0 Å². The number of hydroxylamine groups is 2. The summed E-state index contributed by atoms with van der Waals surface area (Å²) in [6, 6.07) is 9.71. The Morgan fingerprint density at radius 1 is 1.23 bits per heavy atom. The van der Waals surface area contributed by atoms with Crippen molar-refractivity contribution in [2.75, 3.05) is 13.1 Å². The van der Waals surface area contributed by atoms with Gasteiger partial charge in [0.05, 0.1) is 12.1 Å². The van der Waals surface area contributed by atoms with E-state index < -0.39 is 11.7 Å². The highest BCUT2D eigenvalue weighted by atomic mass is 16.7. The fourth-order valence-corrected chi connectivity index (χ4v) is 3.32. The average molecular weight is 361 g/mol. The monoisotopic (exact) mass is 361 g/mol.